The maximum absolute atomic E-state index is 5.20. The quantitative estimate of drug-likeness (QED) is 0.498. The van der Waals surface area contributed by atoms with Gasteiger partial charge < -0.3 is 5.32 Å². The van der Waals surface area contributed by atoms with Gasteiger partial charge in [-0.1, -0.05) is 19.3 Å². The van der Waals surface area contributed by atoms with Crippen LogP contribution in [0.5, 0.6) is 0 Å². The fraction of sp³-hybridized carbons (Fsp3) is 0.462. The van der Waals surface area contributed by atoms with Crippen molar-refractivity contribution in [2.45, 2.75) is 38.1 Å². The molecule has 1 fully saturated rings. The molecule has 4 nitrogen and oxygen atoms in total. The van der Waals surface area contributed by atoms with Crippen LogP contribution in [0.4, 0.5) is 0 Å². The van der Waals surface area contributed by atoms with Gasteiger partial charge in [-0.25, -0.2) is 0 Å². The van der Waals surface area contributed by atoms with Gasteiger partial charge in [0.2, 0.25) is 0 Å². The summed E-state index contributed by atoms with van der Waals surface area (Å²) in [7, 11) is 0. The zero-order valence-electron chi connectivity index (χ0n) is 10.3. The van der Waals surface area contributed by atoms with Crippen molar-refractivity contribution in [2.24, 2.45) is 5.10 Å². The van der Waals surface area contributed by atoms with E-state index in [0.29, 0.717) is 11.2 Å². The minimum Gasteiger partial charge on any atom is -0.359 e. The Hall–Kier alpha value is -1.49. The van der Waals surface area contributed by atoms with E-state index >= 15 is 0 Å². The molecule has 0 radical (unpaired) electrons. The average Bonchev–Trinajstić information content (AvgIpc) is 2.41. The molecule has 0 unspecified atom stereocenters. The van der Waals surface area contributed by atoms with Crippen molar-refractivity contribution in [1.29, 1.82) is 0 Å². The SMILES string of the molecule is S=C(N/N=C\c1ccncc1)NC1CCCCC1. The predicted molar refractivity (Wildman–Crippen MR) is 77.6 cm³/mol. The molecular formula is C13H18N4S. The van der Waals surface area contributed by atoms with Gasteiger partial charge in [0.15, 0.2) is 5.11 Å². The molecule has 0 bridgehead atoms. The van der Waals surface area contributed by atoms with Gasteiger partial charge >= 0.3 is 0 Å². The summed E-state index contributed by atoms with van der Waals surface area (Å²) < 4.78 is 0. The van der Waals surface area contributed by atoms with Gasteiger partial charge in [0, 0.05) is 18.4 Å². The van der Waals surface area contributed by atoms with Crippen LogP contribution in [0.15, 0.2) is 29.6 Å². The molecule has 0 aromatic carbocycles. The lowest BCUT2D eigenvalue weighted by Crippen LogP contribution is -2.40. The standard InChI is InChI=1S/C13H18N4S/c18-13(16-12-4-2-1-3-5-12)17-15-10-11-6-8-14-9-7-11/h6-10,12H,1-5H2,(H2,16,17,18)/b15-10-. The van der Waals surface area contributed by atoms with Gasteiger partial charge in [-0.2, -0.15) is 5.10 Å². The van der Waals surface area contributed by atoms with Crippen LogP contribution >= 0.6 is 12.2 Å². The molecule has 2 N–H and O–H groups in total. The highest BCUT2D eigenvalue weighted by atomic mass is 32.1. The molecule has 0 atom stereocenters. The Kier molecular flexibility index (Phi) is 5.08. The third kappa shape index (κ3) is 4.41. The van der Waals surface area contributed by atoms with Crippen molar-refractivity contribution < 1.29 is 0 Å². The molecule has 0 saturated heterocycles. The molecule has 1 aromatic heterocycles. The summed E-state index contributed by atoms with van der Waals surface area (Å²) in [4.78, 5) is 3.95. The molecule has 5 heteroatoms. The van der Waals surface area contributed by atoms with Crippen molar-refractivity contribution in [3.63, 3.8) is 0 Å². The van der Waals surface area contributed by atoms with E-state index in [1.807, 2.05) is 12.1 Å². The second-order valence-corrected chi connectivity index (χ2v) is 4.87. The monoisotopic (exact) mass is 262 g/mol. The van der Waals surface area contributed by atoms with E-state index in [-0.39, 0.29) is 0 Å². The Morgan fingerprint density at radius 1 is 1.28 bits per heavy atom. The van der Waals surface area contributed by atoms with Crippen molar-refractivity contribution in [3.05, 3.63) is 30.1 Å². The molecule has 0 amide bonds. The van der Waals surface area contributed by atoms with Gasteiger partial charge in [-0.3, -0.25) is 10.4 Å². The molecule has 0 aliphatic heterocycles. The number of hydrogen-bond acceptors (Lipinski definition) is 3. The number of nitrogens with zero attached hydrogens (tertiary/aromatic N) is 2. The summed E-state index contributed by atoms with van der Waals surface area (Å²) in [6.07, 6.45) is 11.5. The summed E-state index contributed by atoms with van der Waals surface area (Å²) in [5.74, 6) is 0. The third-order valence-electron chi connectivity index (χ3n) is 3.03. The summed E-state index contributed by atoms with van der Waals surface area (Å²) >= 11 is 5.20. The van der Waals surface area contributed by atoms with Crippen LogP contribution in [-0.2, 0) is 0 Å². The molecule has 0 spiro atoms. The van der Waals surface area contributed by atoms with Crippen molar-refractivity contribution in [3.8, 4) is 0 Å². The highest BCUT2D eigenvalue weighted by molar-refractivity contribution is 7.80. The second kappa shape index (κ2) is 7.06. The van der Waals surface area contributed by atoms with E-state index in [1.54, 1.807) is 18.6 Å². The number of hydrazone groups is 1. The van der Waals surface area contributed by atoms with E-state index < -0.39 is 0 Å². The van der Waals surface area contributed by atoms with Gasteiger partial charge in [-0.05, 0) is 42.8 Å². The fourth-order valence-electron chi connectivity index (χ4n) is 2.08. The number of pyridine rings is 1. The molecule has 1 heterocycles. The first-order chi connectivity index (χ1) is 8.84. The Morgan fingerprint density at radius 3 is 2.72 bits per heavy atom. The molecule has 2 rings (SSSR count). The van der Waals surface area contributed by atoms with E-state index in [0.717, 1.165) is 5.56 Å². The zero-order valence-corrected chi connectivity index (χ0v) is 11.1. The first kappa shape index (κ1) is 13.0. The fourth-order valence-corrected chi connectivity index (χ4v) is 2.30. The smallest absolute Gasteiger partial charge is 0.187 e. The number of aromatic nitrogens is 1. The lowest BCUT2D eigenvalue weighted by atomic mass is 9.96. The lowest BCUT2D eigenvalue weighted by molar-refractivity contribution is 0.412. The molecule has 96 valence electrons. The maximum Gasteiger partial charge on any atom is 0.187 e. The molecule has 1 aliphatic carbocycles. The molecular weight excluding hydrogens is 244 g/mol. The molecule has 1 saturated carbocycles. The van der Waals surface area contributed by atoms with Crippen LogP contribution in [0.25, 0.3) is 0 Å². The Labute approximate surface area is 113 Å². The number of thiocarbonyl (C=S) groups is 1. The molecule has 1 aromatic rings. The van der Waals surface area contributed by atoms with E-state index in [4.69, 9.17) is 12.2 Å². The Balaban J connectivity index is 1.72. The van der Waals surface area contributed by atoms with Crippen LogP contribution in [0.1, 0.15) is 37.7 Å². The van der Waals surface area contributed by atoms with Gasteiger partial charge in [0.05, 0.1) is 6.21 Å². The third-order valence-corrected chi connectivity index (χ3v) is 3.24. The zero-order chi connectivity index (χ0) is 12.6. The summed E-state index contributed by atoms with van der Waals surface area (Å²) in [5, 5.41) is 8.00. The Morgan fingerprint density at radius 2 is 2.00 bits per heavy atom. The van der Waals surface area contributed by atoms with E-state index in [9.17, 15) is 0 Å². The van der Waals surface area contributed by atoms with Crippen LogP contribution in [0, 0.1) is 0 Å². The van der Waals surface area contributed by atoms with E-state index in [2.05, 4.69) is 20.8 Å². The van der Waals surface area contributed by atoms with Crippen molar-refractivity contribution in [2.75, 3.05) is 0 Å². The second-order valence-electron chi connectivity index (χ2n) is 4.46. The summed E-state index contributed by atoms with van der Waals surface area (Å²) in [5.41, 5.74) is 3.85. The van der Waals surface area contributed by atoms with Crippen LogP contribution in [0.3, 0.4) is 0 Å². The highest BCUT2D eigenvalue weighted by Gasteiger charge is 2.13. The predicted octanol–water partition coefficient (Wildman–Crippen LogP) is 2.21. The van der Waals surface area contributed by atoms with Crippen molar-refractivity contribution in [1.82, 2.24) is 15.7 Å². The minimum atomic E-state index is 0.509. The molecule has 1 aliphatic rings. The lowest BCUT2D eigenvalue weighted by Gasteiger charge is -2.23. The van der Waals surface area contributed by atoms with Crippen molar-refractivity contribution >= 4 is 23.5 Å². The molecule has 18 heavy (non-hydrogen) atoms. The topological polar surface area (TPSA) is 49.3 Å². The van der Waals surface area contributed by atoms with Gasteiger partial charge in [-0.15, -0.1) is 0 Å². The first-order valence-electron chi connectivity index (χ1n) is 6.34. The summed E-state index contributed by atoms with van der Waals surface area (Å²) in [6, 6.07) is 4.29. The van der Waals surface area contributed by atoms with Crippen LogP contribution in [0.2, 0.25) is 0 Å². The highest BCUT2D eigenvalue weighted by Crippen LogP contribution is 2.17. The maximum atomic E-state index is 5.20. The van der Waals surface area contributed by atoms with E-state index in [1.165, 1.54) is 32.1 Å². The number of nitrogens with one attached hydrogen (secondary N) is 2. The normalized spacial score (nSPS) is 16.7. The number of hydrogen-bond donors (Lipinski definition) is 2. The van der Waals surface area contributed by atoms with Gasteiger partial charge in [0.25, 0.3) is 0 Å². The first-order valence-corrected chi connectivity index (χ1v) is 6.75. The summed E-state index contributed by atoms with van der Waals surface area (Å²) in [6.45, 7) is 0. The van der Waals surface area contributed by atoms with Crippen LogP contribution < -0.4 is 10.7 Å². The largest absolute Gasteiger partial charge is 0.359 e. The Bertz CT molecular complexity index is 399. The minimum absolute atomic E-state index is 0.509. The average molecular weight is 262 g/mol. The van der Waals surface area contributed by atoms with Crippen LogP contribution in [-0.4, -0.2) is 22.4 Å². The van der Waals surface area contributed by atoms with Gasteiger partial charge in [0.1, 0.15) is 0 Å². The number of rotatable bonds is 3.